The van der Waals surface area contributed by atoms with Gasteiger partial charge in [0.2, 0.25) is 0 Å². The van der Waals surface area contributed by atoms with E-state index in [4.69, 9.17) is 32.8 Å². The number of nitrogens with zero attached hydrogens (tertiary/aromatic N) is 4. The number of aromatic amines is 1. The fourth-order valence-corrected chi connectivity index (χ4v) is 10.7. The summed E-state index contributed by atoms with van der Waals surface area (Å²) in [6, 6.07) is 32.9. The Morgan fingerprint density at radius 1 is 0.797 bits per heavy atom. The summed E-state index contributed by atoms with van der Waals surface area (Å²) in [5.74, 6) is -0.112. The molecule has 3 heterocycles. The molecule has 1 fully saturated rings. The van der Waals surface area contributed by atoms with Crippen molar-refractivity contribution < 1.29 is 42.4 Å². The highest BCUT2D eigenvalue weighted by Crippen LogP contribution is 2.52. The summed E-state index contributed by atoms with van der Waals surface area (Å²) in [5.41, 5.74) is 0.518. The molecular formula is C52H60N5O11P. The number of aryl methyl sites for hydroxylation is 1. The van der Waals surface area contributed by atoms with Gasteiger partial charge in [-0.15, -0.1) is 5.06 Å². The van der Waals surface area contributed by atoms with E-state index in [1.165, 1.54) is 6.20 Å². The van der Waals surface area contributed by atoms with Crippen LogP contribution < -0.4 is 20.7 Å². The van der Waals surface area contributed by atoms with Crippen LogP contribution in [0, 0.1) is 11.3 Å². The molecule has 1 saturated heterocycles. The molecule has 0 bridgehead atoms. The van der Waals surface area contributed by atoms with Crippen LogP contribution in [0.5, 0.6) is 11.5 Å². The van der Waals surface area contributed by atoms with Gasteiger partial charge in [-0.2, -0.15) is 5.26 Å². The molecule has 0 spiro atoms. The van der Waals surface area contributed by atoms with E-state index >= 15 is 0 Å². The maximum Gasteiger partial charge on any atom is 0.330 e. The molecule has 69 heavy (non-hydrogen) atoms. The van der Waals surface area contributed by atoms with Crippen molar-refractivity contribution in [2.45, 2.75) is 109 Å². The second-order valence-corrected chi connectivity index (χ2v) is 18.7. The highest BCUT2D eigenvalue weighted by molar-refractivity contribution is 7.44. The molecule has 2 aliphatic heterocycles. The zero-order valence-corrected chi connectivity index (χ0v) is 40.9. The van der Waals surface area contributed by atoms with Crippen LogP contribution in [0.25, 0.3) is 0 Å². The quantitative estimate of drug-likeness (QED) is 0.0285. The number of imide groups is 1. The molecule has 4 aromatic carbocycles. The maximum atomic E-state index is 14.6. The Morgan fingerprint density at radius 2 is 1.43 bits per heavy atom. The Balaban J connectivity index is 1.39. The molecule has 1 aromatic heterocycles. The second kappa shape index (κ2) is 23.1. The van der Waals surface area contributed by atoms with Crippen LogP contribution in [-0.2, 0) is 35.4 Å². The normalized spacial score (nSPS) is 18.5. The van der Waals surface area contributed by atoms with Gasteiger partial charge in [-0.25, -0.2) is 9.46 Å². The molecule has 0 radical (unpaired) electrons. The predicted molar refractivity (Wildman–Crippen MR) is 259 cm³/mol. The van der Waals surface area contributed by atoms with Crippen LogP contribution in [-0.4, -0.2) is 88.9 Å². The molecule has 5 atom stereocenters. The van der Waals surface area contributed by atoms with Crippen LogP contribution >= 0.6 is 8.53 Å². The molecule has 17 heteroatoms. The van der Waals surface area contributed by atoms with Gasteiger partial charge < -0.3 is 28.0 Å². The molecule has 0 aliphatic carbocycles. The first-order valence-electron chi connectivity index (χ1n) is 23.2. The number of methoxy groups -OCH3 is 2. The molecular weight excluding hydrogens is 902 g/mol. The number of nitriles is 1. The van der Waals surface area contributed by atoms with E-state index in [1.807, 2.05) is 117 Å². The van der Waals surface area contributed by atoms with Gasteiger partial charge in [0.05, 0.1) is 51.1 Å². The highest BCUT2D eigenvalue weighted by atomic mass is 31.2. The average Bonchev–Trinajstić information content (AvgIpc) is 3.81. The van der Waals surface area contributed by atoms with Gasteiger partial charge in [-0.05, 0) is 93.1 Å². The summed E-state index contributed by atoms with van der Waals surface area (Å²) in [6.07, 6.45) is -0.618. The Morgan fingerprint density at radius 3 is 2.01 bits per heavy atom. The zero-order chi connectivity index (χ0) is 49.2. The number of carbonyl (C=O) groups excluding carboxylic acids is 2. The van der Waals surface area contributed by atoms with Crippen molar-refractivity contribution in [3.05, 3.63) is 164 Å². The SMILES string of the molecule is CCCCCc1cccc2c1C(=O)N(O[C@@H]1[C@H](OP(OCCC#N)N(C(C)C)C(C)C)[C@@H](COC(c3ccccc3)(c3ccc(OC)cc3)c3ccc(OC)cc3)O[C@H]1n1ccc(=O)[nH]c1=O)C2=O. The number of fused-ring (bicyclic) bond motifs is 1. The van der Waals surface area contributed by atoms with E-state index in [2.05, 4.69) is 18.0 Å². The number of benzene rings is 4. The van der Waals surface area contributed by atoms with E-state index in [0.29, 0.717) is 23.5 Å². The van der Waals surface area contributed by atoms with Crippen molar-refractivity contribution in [3.8, 4) is 17.6 Å². The highest BCUT2D eigenvalue weighted by Gasteiger charge is 2.54. The monoisotopic (exact) mass is 961 g/mol. The fraction of sp³-hybridized carbons (Fsp3) is 0.404. The number of amides is 2. The largest absolute Gasteiger partial charge is 0.497 e. The van der Waals surface area contributed by atoms with Crippen molar-refractivity contribution in [1.82, 2.24) is 19.3 Å². The van der Waals surface area contributed by atoms with E-state index in [-0.39, 0.29) is 42.8 Å². The lowest BCUT2D eigenvalue weighted by Crippen LogP contribution is -2.47. The summed E-state index contributed by atoms with van der Waals surface area (Å²) in [6.45, 7) is 9.82. The number of aromatic nitrogens is 2. The number of H-pyrrole nitrogens is 1. The van der Waals surface area contributed by atoms with Crippen molar-refractivity contribution in [2.75, 3.05) is 27.4 Å². The molecule has 0 saturated carbocycles. The molecule has 2 aliphatic rings. The van der Waals surface area contributed by atoms with E-state index in [0.717, 1.165) is 51.6 Å². The Kier molecular flexibility index (Phi) is 17.0. The van der Waals surface area contributed by atoms with E-state index in [9.17, 15) is 24.4 Å². The maximum absolute atomic E-state index is 14.6. The van der Waals surface area contributed by atoms with Crippen molar-refractivity contribution in [2.24, 2.45) is 0 Å². The number of nitrogens with one attached hydrogen (secondary N) is 1. The molecule has 2 amide bonds. The summed E-state index contributed by atoms with van der Waals surface area (Å²) in [7, 11) is 1.12. The number of rotatable bonds is 23. The number of carbonyl (C=O) groups is 2. The number of hydrogen-bond donors (Lipinski definition) is 1. The molecule has 364 valence electrons. The van der Waals surface area contributed by atoms with Crippen LogP contribution in [0.1, 0.15) is 109 Å². The number of unbranched alkanes of at least 4 members (excludes halogenated alkanes) is 2. The van der Waals surface area contributed by atoms with Gasteiger partial charge in [-0.3, -0.25) is 28.8 Å². The van der Waals surface area contributed by atoms with Crippen molar-refractivity contribution in [1.29, 1.82) is 5.26 Å². The molecule has 1 unspecified atom stereocenters. The smallest absolute Gasteiger partial charge is 0.330 e. The van der Waals surface area contributed by atoms with Crippen molar-refractivity contribution >= 4 is 20.3 Å². The first kappa shape index (κ1) is 50.8. The molecule has 7 rings (SSSR count). The lowest BCUT2D eigenvalue weighted by atomic mass is 9.80. The van der Waals surface area contributed by atoms with Gasteiger partial charge in [0.1, 0.15) is 29.3 Å². The lowest BCUT2D eigenvalue weighted by Gasteiger charge is -2.39. The van der Waals surface area contributed by atoms with Crippen LogP contribution in [0.15, 0.2) is 119 Å². The number of ether oxygens (including phenoxy) is 4. The first-order valence-corrected chi connectivity index (χ1v) is 24.4. The minimum absolute atomic E-state index is 0.0203. The average molecular weight is 962 g/mol. The molecule has 1 N–H and O–H groups in total. The standard InChI is InChI=1S/C52H60N5O11P/c1-8-9-11-16-36-17-14-20-42-45(36)49(60)56(48(42)59)67-47-46(68-69(65-32-15-30-53)57(34(2)3)35(4)5)43(66-50(47)55-31-29-44(58)54-51(55)61)33-64-52(37-18-12-10-13-19-37,38-21-25-40(62-6)26-22-38)39-23-27-41(63-7)28-24-39/h10,12-14,17-29,31,34-35,43,46-47,50H,8-9,11,15-16,32-33H2,1-7H3,(H,54,58,61)/t43-,46-,47-,50-,69?/m1/s1. The summed E-state index contributed by atoms with van der Waals surface area (Å²) in [4.78, 5) is 64.3. The first-order chi connectivity index (χ1) is 33.4. The molecule has 16 nitrogen and oxygen atoms in total. The Hall–Kier alpha value is -6.02. The lowest BCUT2D eigenvalue weighted by molar-refractivity contribution is -0.177. The topological polar surface area (TPSA) is 184 Å². The van der Waals surface area contributed by atoms with Gasteiger partial charge in [0.15, 0.2) is 12.3 Å². The Labute approximate surface area is 403 Å². The van der Waals surface area contributed by atoms with Gasteiger partial charge in [0.25, 0.3) is 25.9 Å². The van der Waals surface area contributed by atoms with Crippen molar-refractivity contribution in [3.63, 3.8) is 0 Å². The van der Waals surface area contributed by atoms with Crippen LogP contribution in [0.4, 0.5) is 0 Å². The fourth-order valence-electron chi connectivity index (χ4n) is 8.94. The third kappa shape index (κ3) is 10.9. The number of hydroxylamine groups is 2. The Bertz CT molecular complexity index is 2630. The second-order valence-electron chi connectivity index (χ2n) is 17.3. The van der Waals surface area contributed by atoms with Gasteiger partial charge in [-0.1, -0.05) is 86.5 Å². The number of hydrogen-bond acceptors (Lipinski definition) is 13. The summed E-state index contributed by atoms with van der Waals surface area (Å²) in [5, 5.41) is 10.3. The van der Waals surface area contributed by atoms with E-state index in [1.54, 1.807) is 26.4 Å². The zero-order valence-electron chi connectivity index (χ0n) is 40.0. The van der Waals surface area contributed by atoms with Crippen LogP contribution in [0.2, 0.25) is 0 Å². The molecule has 5 aromatic rings. The van der Waals surface area contributed by atoms with Gasteiger partial charge >= 0.3 is 5.69 Å². The van der Waals surface area contributed by atoms with Gasteiger partial charge in [0, 0.05) is 24.3 Å². The van der Waals surface area contributed by atoms with Crippen LogP contribution in [0.3, 0.4) is 0 Å². The third-order valence-corrected chi connectivity index (χ3v) is 14.3. The van der Waals surface area contributed by atoms with E-state index < -0.39 is 61.7 Å². The minimum atomic E-state index is -2.06. The predicted octanol–water partition coefficient (Wildman–Crippen LogP) is 8.45. The summed E-state index contributed by atoms with van der Waals surface area (Å²) < 4.78 is 42.1. The minimum Gasteiger partial charge on any atom is -0.497 e. The summed E-state index contributed by atoms with van der Waals surface area (Å²) >= 11 is 0. The third-order valence-electron chi connectivity index (χ3n) is 12.2.